The first-order chi connectivity index (χ1) is 14.0. The van der Waals surface area contributed by atoms with Crippen molar-refractivity contribution in [3.8, 4) is 17.0 Å². The van der Waals surface area contributed by atoms with E-state index in [0.29, 0.717) is 18.8 Å². The van der Waals surface area contributed by atoms with Gasteiger partial charge in [0, 0.05) is 24.2 Å². The molecule has 1 aromatic heterocycles. The van der Waals surface area contributed by atoms with Crippen LogP contribution >= 0.6 is 0 Å². The zero-order valence-corrected chi connectivity index (χ0v) is 17.6. The molecule has 3 rings (SSSR count). The summed E-state index contributed by atoms with van der Waals surface area (Å²) in [4.78, 5) is 27.6. The molecule has 0 saturated heterocycles. The van der Waals surface area contributed by atoms with Crippen LogP contribution in [-0.2, 0) is 4.79 Å². The maximum Gasteiger partial charge on any atom is 0.267 e. The van der Waals surface area contributed by atoms with Crippen molar-refractivity contribution >= 4 is 5.91 Å². The highest BCUT2D eigenvalue weighted by Crippen LogP contribution is 2.25. The highest BCUT2D eigenvalue weighted by Gasteiger charge is 2.29. The highest BCUT2D eigenvalue weighted by molar-refractivity contribution is 5.80. The lowest BCUT2D eigenvalue weighted by atomic mass is 9.94. The van der Waals surface area contributed by atoms with E-state index in [1.807, 2.05) is 43.0 Å². The Bertz CT molecular complexity index is 870. The molecule has 2 aromatic rings. The van der Waals surface area contributed by atoms with Crippen LogP contribution in [0.3, 0.4) is 0 Å². The lowest BCUT2D eigenvalue weighted by Gasteiger charge is -2.35. The Morgan fingerprint density at radius 2 is 1.83 bits per heavy atom. The Morgan fingerprint density at radius 1 is 1.14 bits per heavy atom. The van der Waals surface area contributed by atoms with Crippen molar-refractivity contribution in [2.24, 2.45) is 0 Å². The summed E-state index contributed by atoms with van der Waals surface area (Å²) in [7, 11) is 0. The number of carbonyl (C=O) groups is 1. The van der Waals surface area contributed by atoms with E-state index >= 15 is 0 Å². The third-order valence-electron chi connectivity index (χ3n) is 5.65. The van der Waals surface area contributed by atoms with E-state index in [2.05, 4.69) is 5.10 Å². The summed E-state index contributed by atoms with van der Waals surface area (Å²) in [6, 6.07) is 10.4. The smallest absolute Gasteiger partial charge is 0.267 e. The Hall–Kier alpha value is -2.63. The molecule has 156 valence electrons. The summed E-state index contributed by atoms with van der Waals surface area (Å²) in [5.74, 6) is 0.761. The van der Waals surface area contributed by atoms with Gasteiger partial charge in [-0.2, -0.15) is 5.10 Å². The van der Waals surface area contributed by atoms with Crippen LogP contribution in [0.4, 0.5) is 0 Å². The van der Waals surface area contributed by atoms with Crippen LogP contribution in [0, 0.1) is 0 Å². The van der Waals surface area contributed by atoms with Crippen LogP contribution < -0.4 is 10.3 Å². The summed E-state index contributed by atoms with van der Waals surface area (Å²) in [6.07, 6.45) is 5.65. The second-order valence-electron chi connectivity index (χ2n) is 7.55. The lowest BCUT2D eigenvalue weighted by Crippen LogP contribution is -2.46. The molecule has 1 aliphatic carbocycles. The van der Waals surface area contributed by atoms with Gasteiger partial charge in [-0.3, -0.25) is 9.59 Å². The number of nitrogens with zero attached hydrogens (tertiary/aromatic N) is 3. The summed E-state index contributed by atoms with van der Waals surface area (Å²) < 4.78 is 6.80. The molecule has 29 heavy (non-hydrogen) atoms. The van der Waals surface area contributed by atoms with Gasteiger partial charge in [-0.25, -0.2) is 4.68 Å². The van der Waals surface area contributed by atoms with Crippen molar-refractivity contribution in [2.45, 2.75) is 65.0 Å². The number of amides is 1. The minimum atomic E-state index is -0.632. The van der Waals surface area contributed by atoms with Crippen molar-refractivity contribution in [1.82, 2.24) is 14.7 Å². The van der Waals surface area contributed by atoms with Crippen LogP contribution in [0.25, 0.3) is 11.3 Å². The zero-order valence-electron chi connectivity index (χ0n) is 17.6. The minimum absolute atomic E-state index is 0.0298. The van der Waals surface area contributed by atoms with Gasteiger partial charge in [-0.1, -0.05) is 19.3 Å². The quantitative estimate of drug-likeness (QED) is 0.707. The van der Waals surface area contributed by atoms with Gasteiger partial charge < -0.3 is 9.64 Å². The lowest BCUT2D eigenvalue weighted by molar-refractivity contribution is -0.137. The Kier molecular flexibility index (Phi) is 7.07. The standard InChI is InChI=1S/C23H31N3O3/c1-4-25(19-9-7-6-8-10-19)23(28)17(3)26-22(27)16-15-21(24-26)18-11-13-20(14-12-18)29-5-2/h11-17,19H,4-10H2,1-3H3. The zero-order chi connectivity index (χ0) is 20.8. The average Bonchev–Trinajstić information content (AvgIpc) is 2.76. The summed E-state index contributed by atoms with van der Waals surface area (Å²) in [6.45, 7) is 6.98. The SMILES string of the molecule is CCOc1ccc(-c2ccc(=O)n(C(C)C(=O)N(CC)C3CCCCC3)n2)cc1. The monoisotopic (exact) mass is 397 g/mol. The van der Waals surface area contributed by atoms with E-state index in [4.69, 9.17) is 4.74 Å². The van der Waals surface area contributed by atoms with E-state index in [1.165, 1.54) is 17.2 Å². The third kappa shape index (κ3) is 4.86. The summed E-state index contributed by atoms with van der Waals surface area (Å²) in [5.41, 5.74) is 1.27. The highest BCUT2D eigenvalue weighted by atomic mass is 16.5. The Balaban J connectivity index is 1.84. The molecule has 1 atom stereocenters. The number of ether oxygens (including phenoxy) is 1. The van der Waals surface area contributed by atoms with Crippen molar-refractivity contribution in [3.05, 3.63) is 46.8 Å². The molecule has 6 heteroatoms. The normalized spacial score (nSPS) is 15.7. The predicted molar refractivity (Wildman–Crippen MR) is 114 cm³/mol. The van der Waals surface area contributed by atoms with Gasteiger partial charge in [0.25, 0.3) is 5.56 Å². The van der Waals surface area contributed by atoms with Gasteiger partial charge in [0.1, 0.15) is 11.8 Å². The second-order valence-corrected chi connectivity index (χ2v) is 7.55. The molecular formula is C23H31N3O3. The van der Waals surface area contributed by atoms with Gasteiger partial charge in [-0.15, -0.1) is 0 Å². The molecule has 1 fully saturated rings. The topological polar surface area (TPSA) is 64.4 Å². The molecule has 6 nitrogen and oxygen atoms in total. The van der Waals surface area contributed by atoms with Crippen LogP contribution in [-0.4, -0.2) is 39.8 Å². The second kappa shape index (κ2) is 9.72. The van der Waals surface area contributed by atoms with E-state index in [-0.39, 0.29) is 17.5 Å². The fourth-order valence-electron chi connectivity index (χ4n) is 4.08. The molecule has 0 aliphatic heterocycles. The molecular weight excluding hydrogens is 366 g/mol. The number of rotatable bonds is 7. The molecule has 0 radical (unpaired) electrons. The number of hydrogen-bond acceptors (Lipinski definition) is 4. The first-order valence-corrected chi connectivity index (χ1v) is 10.7. The number of carbonyl (C=O) groups excluding carboxylic acids is 1. The number of benzene rings is 1. The largest absolute Gasteiger partial charge is 0.494 e. The van der Waals surface area contributed by atoms with E-state index < -0.39 is 6.04 Å². The summed E-state index contributed by atoms with van der Waals surface area (Å²) in [5, 5.41) is 4.52. The van der Waals surface area contributed by atoms with E-state index in [1.54, 1.807) is 13.0 Å². The van der Waals surface area contributed by atoms with Gasteiger partial charge >= 0.3 is 0 Å². The maximum atomic E-state index is 13.2. The fourth-order valence-corrected chi connectivity index (χ4v) is 4.08. The van der Waals surface area contributed by atoms with Gasteiger partial charge in [0.2, 0.25) is 5.91 Å². The van der Waals surface area contributed by atoms with Crippen LogP contribution in [0.5, 0.6) is 5.75 Å². The first-order valence-electron chi connectivity index (χ1n) is 10.7. The molecule has 1 unspecified atom stereocenters. The van der Waals surface area contributed by atoms with Crippen LogP contribution in [0.15, 0.2) is 41.2 Å². The molecule has 0 spiro atoms. The number of aromatic nitrogens is 2. The fraction of sp³-hybridized carbons (Fsp3) is 0.522. The van der Waals surface area contributed by atoms with Gasteiger partial charge in [-0.05, 0) is 63.9 Å². The minimum Gasteiger partial charge on any atom is -0.494 e. The van der Waals surface area contributed by atoms with E-state index in [0.717, 1.165) is 37.0 Å². The van der Waals surface area contributed by atoms with Crippen molar-refractivity contribution in [2.75, 3.05) is 13.2 Å². The van der Waals surface area contributed by atoms with Crippen LogP contribution in [0.1, 0.15) is 58.9 Å². The van der Waals surface area contributed by atoms with Gasteiger partial charge in [0.15, 0.2) is 0 Å². The molecule has 0 N–H and O–H groups in total. The van der Waals surface area contributed by atoms with Crippen LogP contribution in [0.2, 0.25) is 0 Å². The average molecular weight is 398 g/mol. The summed E-state index contributed by atoms with van der Waals surface area (Å²) >= 11 is 0. The van der Waals surface area contributed by atoms with Crippen molar-refractivity contribution < 1.29 is 9.53 Å². The predicted octanol–water partition coefficient (Wildman–Crippen LogP) is 4.05. The maximum absolute atomic E-state index is 13.2. The first kappa shape index (κ1) is 21.1. The van der Waals surface area contributed by atoms with Crippen molar-refractivity contribution in [1.29, 1.82) is 0 Å². The van der Waals surface area contributed by atoms with Crippen molar-refractivity contribution in [3.63, 3.8) is 0 Å². The third-order valence-corrected chi connectivity index (χ3v) is 5.65. The molecule has 1 aliphatic rings. The molecule has 0 bridgehead atoms. The Labute approximate surface area is 172 Å². The molecule has 1 heterocycles. The molecule has 1 amide bonds. The van der Waals surface area contributed by atoms with E-state index in [9.17, 15) is 9.59 Å². The molecule has 1 saturated carbocycles. The molecule has 1 aromatic carbocycles. The Morgan fingerprint density at radius 3 is 2.45 bits per heavy atom. The van der Waals surface area contributed by atoms with Gasteiger partial charge in [0.05, 0.1) is 12.3 Å². The number of hydrogen-bond donors (Lipinski definition) is 0. The number of likely N-dealkylation sites (N-methyl/N-ethyl adjacent to an activating group) is 1.